The van der Waals surface area contributed by atoms with Gasteiger partial charge < -0.3 is 15.2 Å². The highest BCUT2D eigenvalue weighted by atomic mass is 35.5. The lowest BCUT2D eigenvalue weighted by atomic mass is 10.0. The maximum absolute atomic E-state index is 13.2. The van der Waals surface area contributed by atoms with Crippen molar-refractivity contribution in [1.82, 2.24) is 4.98 Å². The predicted octanol–water partition coefficient (Wildman–Crippen LogP) is 3.56. The Hall–Kier alpha value is -2.22. The molecule has 1 heterocycles. The van der Waals surface area contributed by atoms with E-state index in [9.17, 15) is 22.8 Å². The van der Waals surface area contributed by atoms with Crippen molar-refractivity contribution in [3.8, 4) is 0 Å². The van der Waals surface area contributed by atoms with E-state index in [0.717, 1.165) is 6.07 Å². The summed E-state index contributed by atoms with van der Waals surface area (Å²) in [7, 11) is 0. The second-order valence-electron chi connectivity index (χ2n) is 4.52. The minimum Gasteiger partial charge on any atom is -0.481 e. The third kappa shape index (κ3) is 2.87. The number of carboxylic acids is 2. The SMILES string of the molecule is O=C(O)CCc1c(C(=O)O)[nH]c2ccc(Cl)c(C(F)(F)F)c12. The van der Waals surface area contributed by atoms with Gasteiger partial charge in [0.05, 0.1) is 10.6 Å². The summed E-state index contributed by atoms with van der Waals surface area (Å²) in [5.74, 6) is -2.72. The summed E-state index contributed by atoms with van der Waals surface area (Å²) in [6.45, 7) is 0. The fraction of sp³-hybridized carbons (Fsp3) is 0.231. The van der Waals surface area contributed by atoms with Crippen LogP contribution < -0.4 is 0 Å². The van der Waals surface area contributed by atoms with Gasteiger partial charge in [-0.15, -0.1) is 0 Å². The van der Waals surface area contributed by atoms with Crippen molar-refractivity contribution in [2.24, 2.45) is 0 Å². The average Bonchev–Trinajstić information content (AvgIpc) is 2.73. The molecule has 0 radical (unpaired) electrons. The quantitative estimate of drug-likeness (QED) is 0.797. The van der Waals surface area contributed by atoms with Crippen molar-refractivity contribution in [3.05, 3.63) is 34.0 Å². The van der Waals surface area contributed by atoms with Gasteiger partial charge in [-0.2, -0.15) is 13.2 Å². The van der Waals surface area contributed by atoms with E-state index >= 15 is 0 Å². The Morgan fingerprint density at radius 3 is 2.36 bits per heavy atom. The monoisotopic (exact) mass is 335 g/mol. The Morgan fingerprint density at radius 2 is 1.86 bits per heavy atom. The molecular weight excluding hydrogens is 327 g/mol. The minimum absolute atomic E-state index is 0.0606. The molecule has 0 amide bonds. The molecule has 0 bridgehead atoms. The van der Waals surface area contributed by atoms with Gasteiger partial charge in [0.15, 0.2) is 0 Å². The third-order valence-electron chi connectivity index (χ3n) is 3.10. The summed E-state index contributed by atoms with van der Waals surface area (Å²) in [4.78, 5) is 24.2. The van der Waals surface area contributed by atoms with E-state index in [-0.39, 0.29) is 17.5 Å². The van der Waals surface area contributed by atoms with E-state index in [0.29, 0.717) is 0 Å². The lowest BCUT2D eigenvalue weighted by Crippen LogP contribution is -2.09. The zero-order valence-corrected chi connectivity index (χ0v) is 11.5. The van der Waals surface area contributed by atoms with Crippen LogP contribution in [0.1, 0.15) is 28.0 Å². The van der Waals surface area contributed by atoms with Crippen molar-refractivity contribution < 1.29 is 33.0 Å². The lowest BCUT2D eigenvalue weighted by molar-refractivity contribution is -0.137. The largest absolute Gasteiger partial charge is 0.481 e. The predicted molar refractivity (Wildman–Crippen MR) is 71.2 cm³/mol. The number of carboxylic acid groups (broad SMARTS) is 2. The zero-order valence-electron chi connectivity index (χ0n) is 10.8. The first-order chi connectivity index (χ1) is 10.1. The number of aryl methyl sites for hydroxylation is 1. The van der Waals surface area contributed by atoms with E-state index in [2.05, 4.69) is 4.98 Å². The molecule has 0 aliphatic heterocycles. The van der Waals surface area contributed by atoms with Gasteiger partial charge in [0.25, 0.3) is 0 Å². The smallest absolute Gasteiger partial charge is 0.418 e. The molecule has 0 aliphatic rings. The maximum Gasteiger partial charge on any atom is 0.418 e. The molecule has 0 saturated carbocycles. The lowest BCUT2D eigenvalue weighted by Gasteiger charge is -2.12. The summed E-state index contributed by atoms with van der Waals surface area (Å²) in [6.07, 6.45) is -5.66. The molecule has 1 aromatic heterocycles. The molecule has 2 aromatic rings. The van der Waals surface area contributed by atoms with Crippen LogP contribution in [0.2, 0.25) is 5.02 Å². The number of aromatic nitrogens is 1. The average molecular weight is 336 g/mol. The van der Waals surface area contributed by atoms with Crippen molar-refractivity contribution in [3.63, 3.8) is 0 Å². The molecule has 0 unspecified atom stereocenters. The molecule has 9 heteroatoms. The molecule has 3 N–H and O–H groups in total. The molecule has 0 atom stereocenters. The number of alkyl halides is 3. The molecule has 2 rings (SSSR count). The number of nitrogens with one attached hydrogen (secondary N) is 1. The van der Waals surface area contributed by atoms with Crippen LogP contribution in [0.25, 0.3) is 10.9 Å². The number of hydrogen-bond donors (Lipinski definition) is 3. The molecule has 22 heavy (non-hydrogen) atoms. The summed E-state index contributed by atoms with van der Waals surface area (Å²) in [5, 5.41) is 16.8. The Kier molecular flexibility index (Phi) is 4.06. The highest BCUT2D eigenvalue weighted by Crippen LogP contribution is 2.42. The summed E-state index contributed by atoms with van der Waals surface area (Å²) < 4.78 is 39.6. The highest BCUT2D eigenvalue weighted by Gasteiger charge is 2.37. The van der Waals surface area contributed by atoms with Crippen molar-refractivity contribution >= 4 is 34.4 Å². The van der Waals surface area contributed by atoms with E-state index in [1.54, 1.807) is 0 Å². The second-order valence-corrected chi connectivity index (χ2v) is 4.93. The van der Waals surface area contributed by atoms with Gasteiger partial charge in [-0.3, -0.25) is 4.79 Å². The minimum atomic E-state index is -4.80. The Morgan fingerprint density at radius 1 is 1.23 bits per heavy atom. The van der Waals surface area contributed by atoms with Crippen LogP contribution in [-0.4, -0.2) is 27.1 Å². The molecular formula is C13H9ClF3NO4. The first-order valence-electron chi connectivity index (χ1n) is 5.98. The van der Waals surface area contributed by atoms with Crippen LogP contribution in [0, 0.1) is 0 Å². The van der Waals surface area contributed by atoms with Crippen LogP contribution in [0.4, 0.5) is 13.2 Å². The number of aromatic amines is 1. The maximum atomic E-state index is 13.2. The molecule has 0 spiro atoms. The molecule has 0 saturated heterocycles. The molecule has 0 fully saturated rings. The standard InChI is InChI=1S/C13H9ClF3NO4/c14-6-2-3-7-9(10(6)13(15,16)17)5(1-4-8(19)20)11(18-7)12(21)22/h2-3,18H,1,4H2,(H,19,20)(H,21,22). The van der Waals surface area contributed by atoms with Crippen LogP contribution in [0.5, 0.6) is 0 Å². The zero-order chi connectivity index (χ0) is 16.7. The molecule has 1 aromatic carbocycles. The number of rotatable bonds is 4. The van der Waals surface area contributed by atoms with Gasteiger partial charge in [0.2, 0.25) is 0 Å². The Labute approximate surface area is 126 Å². The van der Waals surface area contributed by atoms with Gasteiger partial charge in [-0.25, -0.2) is 4.79 Å². The van der Waals surface area contributed by atoms with E-state index < -0.39 is 46.2 Å². The van der Waals surface area contributed by atoms with Crippen molar-refractivity contribution in [2.75, 3.05) is 0 Å². The number of aromatic carboxylic acids is 1. The van der Waals surface area contributed by atoms with Crippen LogP contribution in [0.15, 0.2) is 12.1 Å². The molecule has 0 aliphatic carbocycles. The normalized spacial score (nSPS) is 11.8. The van der Waals surface area contributed by atoms with Crippen molar-refractivity contribution in [1.29, 1.82) is 0 Å². The van der Waals surface area contributed by atoms with Crippen molar-refractivity contribution in [2.45, 2.75) is 19.0 Å². The summed E-state index contributed by atoms with van der Waals surface area (Å²) in [6, 6.07) is 2.24. The van der Waals surface area contributed by atoms with Gasteiger partial charge in [0, 0.05) is 17.3 Å². The topological polar surface area (TPSA) is 90.4 Å². The number of aliphatic carboxylic acids is 1. The third-order valence-corrected chi connectivity index (χ3v) is 3.42. The Bertz CT molecular complexity index is 767. The number of halogens is 4. The first-order valence-corrected chi connectivity index (χ1v) is 6.36. The fourth-order valence-electron chi connectivity index (χ4n) is 2.27. The van der Waals surface area contributed by atoms with E-state index in [1.165, 1.54) is 6.07 Å². The van der Waals surface area contributed by atoms with Crippen LogP contribution in [0.3, 0.4) is 0 Å². The second kappa shape index (κ2) is 5.53. The van der Waals surface area contributed by atoms with E-state index in [1.807, 2.05) is 0 Å². The van der Waals surface area contributed by atoms with Gasteiger partial charge in [-0.05, 0) is 24.1 Å². The highest BCUT2D eigenvalue weighted by molar-refractivity contribution is 6.32. The van der Waals surface area contributed by atoms with Gasteiger partial charge >= 0.3 is 18.1 Å². The van der Waals surface area contributed by atoms with E-state index in [4.69, 9.17) is 21.8 Å². The number of carbonyl (C=O) groups is 2. The summed E-state index contributed by atoms with van der Waals surface area (Å²) >= 11 is 5.61. The molecule has 5 nitrogen and oxygen atoms in total. The summed E-state index contributed by atoms with van der Waals surface area (Å²) in [5.41, 5.74) is -1.92. The number of benzene rings is 1. The number of hydrogen-bond acceptors (Lipinski definition) is 2. The number of fused-ring (bicyclic) bond motifs is 1. The Balaban J connectivity index is 2.81. The van der Waals surface area contributed by atoms with Gasteiger partial charge in [-0.1, -0.05) is 11.6 Å². The fourth-order valence-corrected chi connectivity index (χ4v) is 2.54. The van der Waals surface area contributed by atoms with Crippen LogP contribution >= 0.6 is 11.6 Å². The van der Waals surface area contributed by atoms with Crippen LogP contribution in [-0.2, 0) is 17.4 Å². The van der Waals surface area contributed by atoms with Gasteiger partial charge in [0.1, 0.15) is 5.69 Å². The molecule has 118 valence electrons. The first kappa shape index (κ1) is 16.2. The number of H-pyrrole nitrogens is 1.